The Hall–Kier alpha value is -0.650. The molecular weight excluding hydrogens is 186 g/mol. The van der Waals surface area contributed by atoms with Crippen LogP contribution in [0.15, 0.2) is 0 Å². The molecule has 0 saturated carbocycles. The third-order valence-corrected chi connectivity index (χ3v) is 1.78. The normalized spacial score (nSPS) is 12.9. The molecule has 1 unspecified atom stereocenters. The third-order valence-electron chi connectivity index (χ3n) is 1.78. The predicted molar refractivity (Wildman–Crippen MR) is 51.7 cm³/mol. The molecule has 0 aliphatic heterocycles. The topological polar surface area (TPSA) is 67.8 Å². The summed E-state index contributed by atoms with van der Waals surface area (Å²) in [5.74, 6) is -0.106. The number of methoxy groups -OCH3 is 2. The Labute approximate surface area is 84.4 Å². The molecule has 1 amide bonds. The summed E-state index contributed by atoms with van der Waals surface area (Å²) in [6, 6.07) is 0. The fraction of sp³-hybridized carbons (Fsp3) is 0.889. The molecule has 84 valence electrons. The van der Waals surface area contributed by atoms with E-state index in [0.29, 0.717) is 19.4 Å². The number of rotatable bonds is 7. The third kappa shape index (κ3) is 6.82. The molecule has 0 aliphatic carbocycles. The highest BCUT2D eigenvalue weighted by molar-refractivity contribution is 5.75. The Bertz CT molecular complexity index is 157. The van der Waals surface area contributed by atoms with Crippen LogP contribution in [0.1, 0.15) is 19.8 Å². The molecule has 5 heteroatoms. The van der Waals surface area contributed by atoms with Crippen molar-refractivity contribution in [2.75, 3.05) is 20.8 Å². The van der Waals surface area contributed by atoms with Gasteiger partial charge >= 0.3 is 0 Å². The summed E-state index contributed by atoms with van der Waals surface area (Å²) in [5.41, 5.74) is 0. The SMILES string of the molecule is COC(CNC(=O)CCC(C)O)OC. The van der Waals surface area contributed by atoms with E-state index in [1.807, 2.05) is 0 Å². The van der Waals surface area contributed by atoms with Crippen molar-refractivity contribution in [3.8, 4) is 0 Å². The molecule has 0 bridgehead atoms. The lowest BCUT2D eigenvalue weighted by atomic mass is 10.2. The zero-order chi connectivity index (χ0) is 11.0. The van der Waals surface area contributed by atoms with E-state index in [1.165, 1.54) is 14.2 Å². The lowest BCUT2D eigenvalue weighted by Gasteiger charge is -2.14. The number of carbonyl (C=O) groups excluding carboxylic acids is 1. The van der Waals surface area contributed by atoms with E-state index in [4.69, 9.17) is 14.6 Å². The van der Waals surface area contributed by atoms with Gasteiger partial charge in [-0.1, -0.05) is 0 Å². The van der Waals surface area contributed by atoms with Crippen molar-refractivity contribution >= 4 is 5.91 Å². The van der Waals surface area contributed by atoms with Gasteiger partial charge in [0, 0.05) is 20.6 Å². The summed E-state index contributed by atoms with van der Waals surface area (Å²) >= 11 is 0. The number of aliphatic hydroxyl groups excluding tert-OH is 1. The quantitative estimate of drug-likeness (QED) is 0.569. The van der Waals surface area contributed by atoms with E-state index in [-0.39, 0.29) is 5.91 Å². The van der Waals surface area contributed by atoms with Crippen LogP contribution in [0.4, 0.5) is 0 Å². The maximum Gasteiger partial charge on any atom is 0.220 e. The molecule has 0 aromatic rings. The van der Waals surface area contributed by atoms with Gasteiger partial charge in [-0.15, -0.1) is 0 Å². The lowest BCUT2D eigenvalue weighted by Crippen LogP contribution is -2.34. The molecule has 0 saturated heterocycles. The molecule has 0 rings (SSSR count). The van der Waals surface area contributed by atoms with Gasteiger partial charge in [-0.25, -0.2) is 0 Å². The van der Waals surface area contributed by atoms with E-state index < -0.39 is 12.4 Å². The number of hydrogen-bond donors (Lipinski definition) is 2. The first-order valence-electron chi connectivity index (χ1n) is 4.60. The number of hydrogen-bond acceptors (Lipinski definition) is 4. The fourth-order valence-corrected chi connectivity index (χ4v) is 0.888. The van der Waals surface area contributed by atoms with Crippen LogP contribution in [-0.4, -0.2) is 44.2 Å². The van der Waals surface area contributed by atoms with Gasteiger partial charge in [0.1, 0.15) is 0 Å². The van der Waals surface area contributed by atoms with Crippen LogP contribution in [0.5, 0.6) is 0 Å². The summed E-state index contributed by atoms with van der Waals surface area (Å²) < 4.78 is 9.78. The minimum absolute atomic E-state index is 0.106. The van der Waals surface area contributed by atoms with Gasteiger partial charge < -0.3 is 19.9 Å². The van der Waals surface area contributed by atoms with Crippen molar-refractivity contribution in [3.63, 3.8) is 0 Å². The maximum absolute atomic E-state index is 11.2. The van der Waals surface area contributed by atoms with Crippen LogP contribution in [-0.2, 0) is 14.3 Å². The van der Waals surface area contributed by atoms with Gasteiger partial charge in [0.15, 0.2) is 6.29 Å². The molecule has 0 aromatic heterocycles. The van der Waals surface area contributed by atoms with Gasteiger partial charge in [-0.3, -0.25) is 4.79 Å². The van der Waals surface area contributed by atoms with Crippen LogP contribution < -0.4 is 5.32 Å². The summed E-state index contributed by atoms with van der Waals surface area (Å²) in [6.45, 7) is 1.98. The number of carbonyl (C=O) groups is 1. The molecule has 0 heterocycles. The second kappa shape index (κ2) is 7.73. The van der Waals surface area contributed by atoms with E-state index in [1.54, 1.807) is 6.92 Å². The molecular formula is C9H19NO4. The van der Waals surface area contributed by atoms with Gasteiger partial charge in [0.25, 0.3) is 0 Å². The molecule has 0 radical (unpaired) electrons. The Morgan fingerprint density at radius 3 is 2.43 bits per heavy atom. The van der Waals surface area contributed by atoms with E-state index in [2.05, 4.69) is 5.32 Å². The highest BCUT2D eigenvalue weighted by Gasteiger charge is 2.08. The number of aliphatic hydroxyl groups is 1. The van der Waals surface area contributed by atoms with E-state index in [0.717, 1.165) is 0 Å². The van der Waals surface area contributed by atoms with Crippen molar-refractivity contribution in [2.24, 2.45) is 0 Å². The Balaban J connectivity index is 3.52. The van der Waals surface area contributed by atoms with E-state index >= 15 is 0 Å². The minimum Gasteiger partial charge on any atom is -0.393 e. The first-order valence-corrected chi connectivity index (χ1v) is 4.60. The molecule has 0 aliphatic rings. The minimum atomic E-state index is -0.443. The van der Waals surface area contributed by atoms with Gasteiger partial charge in [0.2, 0.25) is 5.91 Å². The maximum atomic E-state index is 11.2. The lowest BCUT2D eigenvalue weighted by molar-refractivity contribution is -0.127. The second-order valence-corrected chi connectivity index (χ2v) is 3.09. The molecule has 5 nitrogen and oxygen atoms in total. The summed E-state index contributed by atoms with van der Waals surface area (Å²) in [5, 5.41) is 11.6. The fourth-order valence-electron chi connectivity index (χ4n) is 0.888. The molecule has 14 heavy (non-hydrogen) atoms. The standard InChI is InChI=1S/C9H19NO4/c1-7(11)4-5-8(12)10-6-9(13-2)14-3/h7,9,11H,4-6H2,1-3H3,(H,10,12). The molecule has 0 aromatic carbocycles. The molecule has 0 fully saturated rings. The smallest absolute Gasteiger partial charge is 0.220 e. The summed E-state index contributed by atoms with van der Waals surface area (Å²) in [7, 11) is 3.02. The highest BCUT2D eigenvalue weighted by atomic mass is 16.7. The van der Waals surface area contributed by atoms with Gasteiger partial charge in [0.05, 0.1) is 12.6 Å². The molecule has 1 atom stereocenters. The van der Waals surface area contributed by atoms with E-state index in [9.17, 15) is 4.79 Å². The van der Waals surface area contributed by atoms with Crippen molar-refractivity contribution in [2.45, 2.75) is 32.2 Å². The van der Waals surface area contributed by atoms with Crippen LogP contribution in [0, 0.1) is 0 Å². The summed E-state index contributed by atoms with van der Waals surface area (Å²) in [6.07, 6.45) is -0.0687. The van der Waals surface area contributed by atoms with Crippen LogP contribution >= 0.6 is 0 Å². The average molecular weight is 205 g/mol. The second-order valence-electron chi connectivity index (χ2n) is 3.09. The molecule has 2 N–H and O–H groups in total. The zero-order valence-electron chi connectivity index (χ0n) is 8.95. The van der Waals surface area contributed by atoms with Gasteiger partial charge in [-0.05, 0) is 13.3 Å². The Morgan fingerprint density at radius 2 is 2.00 bits per heavy atom. The monoisotopic (exact) mass is 205 g/mol. The summed E-state index contributed by atoms with van der Waals surface area (Å²) in [4.78, 5) is 11.2. The van der Waals surface area contributed by atoms with Crippen molar-refractivity contribution in [1.82, 2.24) is 5.32 Å². The number of nitrogens with one attached hydrogen (secondary N) is 1. The highest BCUT2D eigenvalue weighted by Crippen LogP contribution is 1.95. The molecule has 0 spiro atoms. The largest absolute Gasteiger partial charge is 0.393 e. The van der Waals surface area contributed by atoms with Crippen LogP contribution in [0.25, 0.3) is 0 Å². The Morgan fingerprint density at radius 1 is 1.43 bits per heavy atom. The van der Waals surface area contributed by atoms with Gasteiger partial charge in [-0.2, -0.15) is 0 Å². The van der Waals surface area contributed by atoms with Crippen molar-refractivity contribution in [1.29, 1.82) is 0 Å². The van der Waals surface area contributed by atoms with Crippen LogP contribution in [0.2, 0.25) is 0 Å². The zero-order valence-corrected chi connectivity index (χ0v) is 8.95. The average Bonchev–Trinajstić information content (AvgIpc) is 2.16. The van der Waals surface area contributed by atoms with Crippen molar-refractivity contribution in [3.05, 3.63) is 0 Å². The first-order chi connectivity index (χ1) is 6.60. The Kier molecular flexibility index (Phi) is 7.37. The van der Waals surface area contributed by atoms with Crippen molar-refractivity contribution < 1.29 is 19.4 Å². The first kappa shape index (κ1) is 13.4. The number of amides is 1. The van der Waals surface area contributed by atoms with Crippen LogP contribution in [0.3, 0.4) is 0 Å². The predicted octanol–water partition coefficient (Wildman–Crippen LogP) is -0.118. The number of ether oxygens (including phenoxy) is 2.